The highest BCUT2D eigenvalue weighted by Gasteiger charge is 2.09. The minimum atomic E-state index is -0.655. The smallest absolute Gasteiger partial charge is 0.253 e. The van der Waals surface area contributed by atoms with Gasteiger partial charge < -0.3 is 0 Å². The van der Waals surface area contributed by atoms with Crippen LogP contribution >= 0.6 is 23.2 Å². The van der Waals surface area contributed by atoms with Crippen LogP contribution in [0.15, 0.2) is 18.2 Å². The van der Waals surface area contributed by atoms with E-state index in [0.29, 0.717) is 0 Å². The standard InChI is InChI=1S/C8H3Cl2NO/c9-7-5(4-11)2-1-3-6(7)8(10)12/h1-3H. The Kier molecular flexibility index (Phi) is 2.69. The van der Waals surface area contributed by atoms with Gasteiger partial charge in [-0.3, -0.25) is 4.79 Å². The third-order valence-electron chi connectivity index (χ3n) is 1.33. The van der Waals surface area contributed by atoms with Crippen molar-refractivity contribution in [2.75, 3.05) is 0 Å². The van der Waals surface area contributed by atoms with Crippen LogP contribution in [0.3, 0.4) is 0 Å². The summed E-state index contributed by atoms with van der Waals surface area (Å²) in [7, 11) is 0. The van der Waals surface area contributed by atoms with E-state index in [1.165, 1.54) is 12.1 Å². The molecular formula is C8H3Cl2NO. The number of rotatable bonds is 1. The summed E-state index contributed by atoms with van der Waals surface area (Å²) in [5.74, 6) is 0. The second-order valence-electron chi connectivity index (χ2n) is 2.05. The summed E-state index contributed by atoms with van der Waals surface area (Å²) in [6.07, 6.45) is 0. The number of halogens is 2. The molecule has 0 aliphatic carbocycles. The maximum atomic E-state index is 10.7. The molecule has 0 amide bonds. The summed E-state index contributed by atoms with van der Waals surface area (Å²) in [5, 5.41) is 7.99. The predicted octanol–water partition coefficient (Wildman–Crippen LogP) is 2.59. The lowest BCUT2D eigenvalue weighted by Gasteiger charge is -1.98. The van der Waals surface area contributed by atoms with E-state index in [2.05, 4.69) is 0 Å². The van der Waals surface area contributed by atoms with E-state index in [4.69, 9.17) is 28.5 Å². The zero-order valence-corrected chi connectivity index (χ0v) is 7.36. The van der Waals surface area contributed by atoms with Gasteiger partial charge in [0, 0.05) is 0 Å². The third-order valence-corrected chi connectivity index (χ3v) is 1.94. The van der Waals surface area contributed by atoms with Crippen LogP contribution in [0.4, 0.5) is 0 Å². The van der Waals surface area contributed by atoms with Gasteiger partial charge in [0.1, 0.15) is 6.07 Å². The Bertz CT molecular complexity index is 368. The lowest BCUT2D eigenvalue weighted by molar-refractivity contribution is 0.108. The van der Waals surface area contributed by atoms with E-state index in [1.54, 1.807) is 6.07 Å². The molecular weight excluding hydrogens is 197 g/mol. The lowest BCUT2D eigenvalue weighted by Crippen LogP contribution is -1.91. The lowest BCUT2D eigenvalue weighted by atomic mass is 10.1. The van der Waals surface area contributed by atoms with Gasteiger partial charge in [-0.2, -0.15) is 5.26 Å². The molecule has 0 saturated carbocycles. The van der Waals surface area contributed by atoms with E-state index >= 15 is 0 Å². The number of hydrogen-bond acceptors (Lipinski definition) is 2. The molecule has 0 radical (unpaired) electrons. The molecule has 0 saturated heterocycles. The van der Waals surface area contributed by atoms with Crippen molar-refractivity contribution in [2.45, 2.75) is 0 Å². The SMILES string of the molecule is N#Cc1cccc(C(=O)Cl)c1Cl. The molecule has 12 heavy (non-hydrogen) atoms. The zero-order valence-electron chi connectivity index (χ0n) is 5.84. The average molecular weight is 200 g/mol. The Labute approximate surface area is 79.3 Å². The van der Waals surface area contributed by atoms with Crippen LogP contribution in [0, 0.1) is 11.3 Å². The van der Waals surface area contributed by atoms with Crippen LogP contribution in [0.5, 0.6) is 0 Å². The molecule has 60 valence electrons. The molecule has 0 unspecified atom stereocenters. The first-order chi connectivity index (χ1) is 5.66. The highest BCUT2D eigenvalue weighted by Crippen LogP contribution is 2.21. The van der Waals surface area contributed by atoms with Gasteiger partial charge in [-0.15, -0.1) is 0 Å². The van der Waals surface area contributed by atoms with Crippen molar-refractivity contribution in [1.82, 2.24) is 0 Å². The number of nitrogens with zero attached hydrogens (tertiary/aromatic N) is 1. The van der Waals surface area contributed by atoms with Gasteiger partial charge >= 0.3 is 0 Å². The van der Waals surface area contributed by atoms with Crippen LogP contribution in [0.2, 0.25) is 5.02 Å². The van der Waals surface area contributed by atoms with Gasteiger partial charge in [0.15, 0.2) is 0 Å². The molecule has 0 aromatic heterocycles. The summed E-state index contributed by atoms with van der Waals surface area (Å²) in [6.45, 7) is 0. The van der Waals surface area contributed by atoms with E-state index < -0.39 is 5.24 Å². The number of nitriles is 1. The Morgan fingerprint density at radius 1 is 1.50 bits per heavy atom. The van der Waals surface area contributed by atoms with Gasteiger partial charge in [0.2, 0.25) is 0 Å². The van der Waals surface area contributed by atoms with Crippen molar-refractivity contribution in [3.8, 4) is 6.07 Å². The Hall–Kier alpha value is -1.04. The van der Waals surface area contributed by atoms with Crippen molar-refractivity contribution in [3.05, 3.63) is 34.3 Å². The van der Waals surface area contributed by atoms with Crippen LogP contribution in [0.1, 0.15) is 15.9 Å². The molecule has 0 N–H and O–H groups in total. The van der Waals surface area contributed by atoms with Gasteiger partial charge in [-0.05, 0) is 23.7 Å². The zero-order chi connectivity index (χ0) is 9.14. The molecule has 0 atom stereocenters. The van der Waals surface area contributed by atoms with E-state index in [-0.39, 0.29) is 16.1 Å². The van der Waals surface area contributed by atoms with Crippen LogP contribution in [-0.2, 0) is 0 Å². The summed E-state index contributed by atoms with van der Waals surface area (Å²) in [6, 6.07) is 6.39. The maximum Gasteiger partial charge on any atom is 0.253 e. The van der Waals surface area contributed by atoms with Crippen molar-refractivity contribution < 1.29 is 4.79 Å². The third kappa shape index (κ3) is 1.58. The molecule has 0 bridgehead atoms. The van der Waals surface area contributed by atoms with Crippen molar-refractivity contribution in [2.24, 2.45) is 0 Å². The maximum absolute atomic E-state index is 10.7. The Morgan fingerprint density at radius 3 is 2.67 bits per heavy atom. The fraction of sp³-hybridized carbons (Fsp3) is 0. The number of benzene rings is 1. The van der Waals surface area contributed by atoms with Gasteiger partial charge in [0.05, 0.1) is 16.1 Å². The van der Waals surface area contributed by atoms with Gasteiger partial charge in [-0.1, -0.05) is 17.7 Å². The molecule has 1 aromatic carbocycles. The Morgan fingerprint density at radius 2 is 2.17 bits per heavy atom. The number of carbonyl (C=O) groups is 1. The first kappa shape index (κ1) is 9.05. The van der Waals surface area contributed by atoms with E-state index in [9.17, 15) is 4.79 Å². The molecule has 0 spiro atoms. The predicted molar refractivity (Wildman–Crippen MR) is 46.4 cm³/mol. The van der Waals surface area contributed by atoms with Crippen LogP contribution in [0.25, 0.3) is 0 Å². The molecule has 0 aliphatic heterocycles. The number of carbonyl (C=O) groups excluding carboxylic acids is 1. The Balaban J connectivity index is 3.35. The second kappa shape index (κ2) is 3.57. The fourth-order valence-electron chi connectivity index (χ4n) is 0.770. The minimum absolute atomic E-state index is 0.111. The van der Waals surface area contributed by atoms with Crippen molar-refractivity contribution >= 4 is 28.4 Å². The molecule has 1 rings (SSSR count). The molecule has 1 aromatic rings. The van der Waals surface area contributed by atoms with Crippen molar-refractivity contribution in [3.63, 3.8) is 0 Å². The topological polar surface area (TPSA) is 40.9 Å². The summed E-state index contributed by atoms with van der Waals surface area (Å²) in [5.41, 5.74) is 0.417. The summed E-state index contributed by atoms with van der Waals surface area (Å²) < 4.78 is 0. The quantitative estimate of drug-likeness (QED) is 0.653. The van der Waals surface area contributed by atoms with Gasteiger partial charge in [0.25, 0.3) is 5.24 Å². The largest absolute Gasteiger partial charge is 0.276 e. The molecule has 0 fully saturated rings. The monoisotopic (exact) mass is 199 g/mol. The van der Waals surface area contributed by atoms with Crippen LogP contribution < -0.4 is 0 Å². The molecule has 2 nitrogen and oxygen atoms in total. The normalized spacial score (nSPS) is 9.08. The first-order valence-electron chi connectivity index (χ1n) is 3.05. The first-order valence-corrected chi connectivity index (χ1v) is 3.81. The highest BCUT2D eigenvalue weighted by atomic mass is 35.5. The molecule has 0 heterocycles. The highest BCUT2D eigenvalue weighted by molar-refractivity contribution is 6.68. The summed E-state index contributed by atoms with van der Waals surface area (Å²) >= 11 is 10.9. The molecule has 4 heteroatoms. The number of hydrogen-bond donors (Lipinski definition) is 0. The van der Waals surface area contributed by atoms with Crippen LogP contribution in [-0.4, -0.2) is 5.24 Å². The van der Waals surface area contributed by atoms with E-state index in [1.807, 2.05) is 6.07 Å². The van der Waals surface area contributed by atoms with E-state index in [0.717, 1.165) is 0 Å². The minimum Gasteiger partial charge on any atom is -0.276 e. The van der Waals surface area contributed by atoms with Gasteiger partial charge in [-0.25, -0.2) is 0 Å². The average Bonchev–Trinajstić information content (AvgIpc) is 2.04. The second-order valence-corrected chi connectivity index (χ2v) is 2.77. The fourth-order valence-corrected chi connectivity index (χ4v) is 1.23. The summed E-state index contributed by atoms with van der Waals surface area (Å²) in [4.78, 5) is 10.7. The van der Waals surface area contributed by atoms with Crippen molar-refractivity contribution in [1.29, 1.82) is 5.26 Å². The molecule has 0 aliphatic rings.